The molecule has 52 heavy (non-hydrogen) atoms. The van der Waals surface area contributed by atoms with E-state index in [0.29, 0.717) is 31.1 Å². The predicted molar refractivity (Wildman–Crippen MR) is 206 cm³/mol. The molecule has 8 aromatic rings. The van der Waals surface area contributed by atoms with Crippen LogP contribution in [0, 0.1) is 0 Å². The van der Waals surface area contributed by atoms with Crippen LogP contribution in [0.4, 0.5) is 0 Å². The smallest absolute Gasteiger partial charge is 0.354 e. The van der Waals surface area contributed by atoms with Crippen LogP contribution in [0.5, 0.6) is 11.5 Å². The van der Waals surface area contributed by atoms with E-state index in [1.165, 1.54) is 0 Å². The van der Waals surface area contributed by atoms with Gasteiger partial charge in [0.1, 0.15) is 22.9 Å². The van der Waals surface area contributed by atoms with Gasteiger partial charge in [0.25, 0.3) is 0 Å². The number of carboxylic acids is 1. The molecule has 2 aromatic heterocycles. The second-order valence-corrected chi connectivity index (χ2v) is 12.4. The first kappa shape index (κ1) is 33.9. The van der Waals surface area contributed by atoms with Gasteiger partial charge in [0, 0.05) is 34.6 Å². The first-order valence-corrected chi connectivity index (χ1v) is 17.1. The van der Waals surface area contributed by atoms with E-state index < -0.39 is 5.97 Å². The van der Waals surface area contributed by atoms with Gasteiger partial charge in [-0.05, 0) is 53.1 Å². The Kier molecular flexibility index (Phi) is 9.62. The average molecular weight is 691 g/mol. The third-order valence-corrected chi connectivity index (χ3v) is 9.24. The van der Waals surface area contributed by atoms with Crippen molar-refractivity contribution >= 4 is 55.3 Å². The van der Waals surface area contributed by atoms with E-state index in [2.05, 4.69) is 24.3 Å². The van der Waals surface area contributed by atoms with Crippen molar-refractivity contribution in [1.29, 1.82) is 0 Å². The molecule has 0 aliphatic carbocycles. The largest absolute Gasteiger partial charge is 0.496 e. The fourth-order valence-electron chi connectivity index (χ4n) is 6.92. The number of rotatable bonds is 9. The number of carbonyl (C=O) groups is 2. The minimum absolute atomic E-state index is 0.258. The molecule has 1 N–H and O–H groups in total. The zero-order valence-electron chi connectivity index (χ0n) is 29.2. The summed E-state index contributed by atoms with van der Waals surface area (Å²) >= 11 is 0. The van der Waals surface area contributed by atoms with Gasteiger partial charge in [-0.25, -0.2) is 9.59 Å². The highest BCUT2D eigenvalue weighted by molar-refractivity contribution is 6.12. The van der Waals surface area contributed by atoms with Crippen LogP contribution in [0.2, 0.25) is 0 Å². The van der Waals surface area contributed by atoms with Crippen LogP contribution in [0.25, 0.3) is 43.4 Å². The van der Waals surface area contributed by atoms with Crippen molar-refractivity contribution in [3.63, 3.8) is 0 Å². The number of hydrogen-bond donors (Lipinski definition) is 1. The third-order valence-electron chi connectivity index (χ3n) is 9.24. The monoisotopic (exact) mass is 690 g/mol. The molecule has 0 atom stereocenters. The molecule has 0 radical (unpaired) electrons. The number of fused-ring (bicyclic) bond motifs is 6. The van der Waals surface area contributed by atoms with Crippen LogP contribution in [-0.2, 0) is 17.8 Å². The van der Waals surface area contributed by atoms with E-state index in [1.54, 1.807) is 20.3 Å². The van der Waals surface area contributed by atoms with Gasteiger partial charge in [-0.2, -0.15) is 0 Å². The lowest BCUT2D eigenvalue weighted by Gasteiger charge is -2.13. The quantitative estimate of drug-likeness (QED) is 0.152. The Morgan fingerprint density at radius 1 is 0.558 bits per heavy atom. The molecule has 2 heterocycles. The van der Waals surface area contributed by atoms with Crippen molar-refractivity contribution in [3.8, 4) is 11.5 Å². The molecule has 0 fully saturated rings. The molecule has 0 saturated heterocycles. The summed E-state index contributed by atoms with van der Waals surface area (Å²) in [5.74, 6) is 0.165. The molecule has 0 aliphatic rings. The number of carboxylic acid groups (broad SMARTS) is 1. The van der Waals surface area contributed by atoms with E-state index >= 15 is 0 Å². The fraction of sp³-hybridized carbons (Fsp3) is 0.136. The lowest BCUT2D eigenvalue weighted by Crippen LogP contribution is -2.13. The summed E-state index contributed by atoms with van der Waals surface area (Å²) in [6, 6.07) is 43.6. The van der Waals surface area contributed by atoms with Gasteiger partial charge < -0.3 is 28.5 Å². The Morgan fingerprint density at radius 3 is 1.42 bits per heavy atom. The predicted octanol–water partition coefficient (Wildman–Crippen LogP) is 9.58. The Balaban J connectivity index is 0.000000162. The number of benzene rings is 6. The van der Waals surface area contributed by atoms with Crippen molar-refractivity contribution < 1.29 is 28.9 Å². The van der Waals surface area contributed by atoms with Crippen molar-refractivity contribution in [2.24, 2.45) is 0 Å². The lowest BCUT2D eigenvalue weighted by molar-refractivity contribution is 0.0514. The number of methoxy groups -OCH3 is 2. The van der Waals surface area contributed by atoms with Crippen LogP contribution in [0.3, 0.4) is 0 Å². The maximum absolute atomic E-state index is 12.7. The molecule has 0 bridgehead atoms. The summed E-state index contributed by atoms with van der Waals surface area (Å²) in [6.07, 6.45) is 0. The molecule has 8 heteroatoms. The molecule has 8 rings (SSSR count). The molecule has 0 aliphatic heterocycles. The molecule has 260 valence electrons. The number of aromatic carboxylic acids is 1. The van der Waals surface area contributed by atoms with E-state index in [-0.39, 0.29) is 11.7 Å². The summed E-state index contributed by atoms with van der Waals surface area (Å²) in [5.41, 5.74) is 4.83. The molecule has 0 spiro atoms. The highest BCUT2D eigenvalue weighted by Crippen LogP contribution is 2.38. The van der Waals surface area contributed by atoms with Crippen LogP contribution < -0.4 is 9.47 Å². The number of ether oxygens (including phenoxy) is 3. The third kappa shape index (κ3) is 6.42. The average Bonchev–Trinajstić information content (AvgIpc) is 3.75. The number of nitrogens with zero attached hydrogens (tertiary/aromatic N) is 2. The highest BCUT2D eigenvalue weighted by atomic mass is 16.5. The van der Waals surface area contributed by atoms with E-state index in [4.69, 9.17) is 14.2 Å². The van der Waals surface area contributed by atoms with Crippen molar-refractivity contribution in [2.45, 2.75) is 20.0 Å². The second kappa shape index (κ2) is 14.7. The summed E-state index contributed by atoms with van der Waals surface area (Å²) in [6.45, 7) is 3.22. The first-order chi connectivity index (χ1) is 25.4. The standard InChI is InChI=1S/C23H21NO3.C21H17NO3/c1-3-27-23(25)20-14-19-21(26-2)13-17-11-7-8-12-18(17)22(19)24(20)15-16-9-5-4-6-10-16;1-25-19-11-15-9-5-6-10-16(15)20-17(19)12-18(21(23)24)22(20)13-14-7-3-2-4-8-14/h4-14H,3,15H2,1-2H3;2-12H,13H2,1H3,(H,23,24). The number of hydrogen-bond acceptors (Lipinski definition) is 5. The molecular formula is C44H38N2O6. The maximum Gasteiger partial charge on any atom is 0.354 e. The van der Waals surface area contributed by atoms with Gasteiger partial charge in [0.15, 0.2) is 0 Å². The molecular weight excluding hydrogens is 652 g/mol. The minimum Gasteiger partial charge on any atom is -0.496 e. The molecule has 0 unspecified atom stereocenters. The lowest BCUT2D eigenvalue weighted by atomic mass is 10.1. The fourth-order valence-corrected chi connectivity index (χ4v) is 6.92. The highest BCUT2D eigenvalue weighted by Gasteiger charge is 2.22. The van der Waals surface area contributed by atoms with E-state index in [9.17, 15) is 14.7 Å². The molecule has 0 saturated carbocycles. The van der Waals surface area contributed by atoms with E-state index in [1.807, 2.05) is 119 Å². The molecule has 8 nitrogen and oxygen atoms in total. The maximum atomic E-state index is 12.7. The van der Waals surface area contributed by atoms with Gasteiger partial charge in [-0.3, -0.25) is 0 Å². The van der Waals surface area contributed by atoms with Crippen LogP contribution in [-0.4, -0.2) is 47.0 Å². The number of carbonyl (C=O) groups excluding carboxylic acids is 1. The van der Waals surface area contributed by atoms with Crippen molar-refractivity contribution in [3.05, 3.63) is 156 Å². The summed E-state index contributed by atoms with van der Waals surface area (Å²) in [4.78, 5) is 24.5. The van der Waals surface area contributed by atoms with Gasteiger partial charge in [0.2, 0.25) is 0 Å². The Bertz CT molecular complexity index is 2550. The first-order valence-electron chi connectivity index (χ1n) is 17.1. The van der Waals surface area contributed by atoms with Crippen LogP contribution in [0.15, 0.2) is 133 Å². The SMILES string of the molecule is CCOC(=O)c1cc2c(OC)cc3ccccc3c2n1Cc1ccccc1.COc1cc2ccccc2c2c1cc(C(=O)O)n2Cc1ccccc1. The number of aromatic nitrogens is 2. The van der Waals surface area contributed by atoms with E-state index in [0.717, 1.165) is 60.2 Å². The Morgan fingerprint density at radius 2 is 0.981 bits per heavy atom. The van der Waals surface area contributed by atoms with Gasteiger partial charge in [-0.1, -0.05) is 109 Å². The zero-order chi connectivity index (χ0) is 36.2. The second-order valence-electron chi connectivity index (χ2n) is 12.4. The number of esters is 1. The Hall–Kier alpha value is -6.54. The van der Waals surface area contributed by atoms with Gasteiger partial charge in [-0.15, -0.1) is 0 Å². The topological polar surface area (TPSA) is 91.9 Å². The van der Waals surface area contributed by atoms with Gasteiger partial charge >= 0.3 is 11.9 Å². The Labute approximate surface area is 301 Å². The van der Waals surface area contributed by atoms with Gasteiger partial charge in [0.05, 0.1) is 31.9 Å². The van der Waals surface area contributed by atoms with Crippen molar-refractivity contribution in [2.75, 3.05) is 20.8 Å². The summed E-state index contributed by atoms with van der Waals surface area (Å²) < 4.78 is 20.4. The van der Waals surface area contributed by atoms with Crippen LogP contribution >= 0.6 is 0 Å². The minimum atomic E-state index is -0.946. The zero-order valence-corrected chi connectivity index (χ0v) is 29.2. The molecule has 6 aromatic carbocycles. The molecule has 0 amide bonds. The summed E-state index contributed by atoms with van der Waals surface area (Å²) in [7, 11) is 3.26. The van der Waals surface area contributed by atoms with Crippen LogP contribution in [0.1, 0.15) is 39.0 Å². The normalized spacial score (nSPS) is 11.1. The van der Waals surface area contributed by atoms with Crippen molar-refractivity contribution in [1.82, 2.24) is 9.13 Å². The summed E-state index contributed by atoms with van der Waals surface area (Å²) in [5, 5.41) is 15.6.